The predicted octanol–water partition coefficient (Wildman–Crippen LogP) is 1.45. The first-order valence-corrected chi connectivity index (χ1v) is 4.52. The van der Waals surface area contributed by atoms with E-state index in [0.29, 0.717) is 6.42 Å². The molecule has 0 bridgehead atoms. The van der Waals surface area contributed by atoms with Crippen molar-refractivity contribution in [3.63, 3.8) is 0 Å². The first kappa shape index (κ1) is 10.7. The monoisotopic (exact) mass is 194 g/mol. The Morgan fingerprint density at radius 1 is 1.36 bits per heavy atom. The van der Waals surface area contributed by atoms with Crippen LogP contribution in [-0.2, 0) is 11.2 Å². The molecule has 1 unspecified atom stereocenters. The number of aliphatic carboxylic acids is 1. The number of carbonyl (C=O) groups is 1. The van der Waals surface area contributed by atoms with Gasteiger partial charge in [0.25, 0.3) is 0 Å². The van der Waals surface area contributed by atoms with Gasteiger partial charge in [0.1, 0.15) is 0 Å². The van der Waals surface area contributed by atoms with Crippen LogP contribution in [0.2, 0.25) is 0 Å². The van der Waals surface area contributed by atoms with Gasteiger partial charge in [-0.05, 0) is 25.3 Å². The van der Waals surface area contributed by atoms with Gasteiger partial charge in [-0.25, -0.2) is 4.79 Å². The molecule has 1 aromatic rings. The largest absolute Gasteiger partial charge is 0.479 e. The Labute approximate surface area is 83.0 Å². The highest BCUT2D eigenvalue weighted by molar-refractivity contribution is 5.76. The van der Waals surface area contributed by atoms with E-state index in [1.54, 1.807) is 0 Å². The second-order valence-electron chi connectivity index (χ2n) is 3.56. The van der Waals surface area contributed by atoms with E-state index in [4.69, 9.17) is 5.11 Å². The van der Waals surface area contributed by atoms with E-state index >= 15 is 0 Å². The summed E-state index contributed by atoms with van der Waals surface area (Å²) in [7, 11) is 0. The van der Waals surface area contributed by atoms with Gasteiger partial charge in [-0.2, -0.15) is 0 Å². The molecule has 0 aromatic heterocycles. The zero-order valence-electron chi connectivity index (χ0n) is 8.10. The van der Waals surface area contributed by atoms with Crippen LogP contribution in [0.1, 0.15) is 18.9 Å². The molecule has 1 atom stereocenters. The topological polar surface area (TPSA) is 57.5 Å². The molecule has 0 saturated heterocycles. The molecule has 1 aromatic carbocycles. The molecule has 0 aliphatic heterocycles. The van der Waals surface area contributed by atoms with Crippen molar-refractivity contribution in [1.82, 2.24) is 0 Å². The molecular formula is C11H14O3. The average Bonchev–Trinajstić information content (AvgIpc) is 2.16. The second-order valence-corrected chi connectivity index (χ2v) is 3.56. The molecule has 0 spiro atoms. The minimum atomic E-state index is -1.63. The third-order valence-electron chi connectivity index (χ3n) is 2.20. The molecule has 14 heavy (non-hydrogen) atoms. The van der Waals surface area contributed by atoms with Crippen LogP contribution in [0, 0.1) is 0 Å². The summed E-state index contributed by atoms with van der Waals surface area (Å²) in [5.74, 6) is -1.17. The maximum atomic E-state index is 10.6. The molecule has 1 rings (SSSR count). The van der Waals surface area contributed by atoms with E-state index in [0.717, 1.165) is 5.56 Å². The Hall–Kier alpha value is -1.35. The van der Waals surface area contributed by atoms with Gasteiger partial charge in [0.15, 0.2) is 5.60 Å². The van der Waals surface area contributed by atoms with E-state index in [1.165, 1.54) is 6.92 Å². The molecule has 3 nitrogen and oxygen atoms in total. The van der Waals surface area contributed by atoms with Crippen LogP contribution in [0.15, 0.2) is 30.3 Å². The van der Waals surface area contributed by atoms with Crippen LogP contribution < -0.4 is 0 Å². The minimum Gasteiger partial charge on any atom is -0.479 e. The Bertz CT molecular complexity index is 304. The standard InChI is InChI=1S/C11H14O3/c1-11(14,10(12)13)8-7-9-5-3-2-4-6-9/h2-6,14H,7-8H2,1H3,(H,12,13). The number of hydrogen-bond donors (Lipinski definition) is 2. The summed E-state index contributed by atoms with van der Waals surface area (Å²) in [5.41, 5.74) is -0.593. The highest BCUT2D eigenvalue weighted by Crippen LogP contribution is 2.13. The van der Waals surface area contributed by atoms with Crippen molar-refractivity contribution in [3.05, 3.63) is 35.9 Å². The number of rotatable bonds is 4. The maximum Gasteiger partial charge on any atom is 0.335 e. The van der Waals surface area contributed by atoms with E-state index in [9.17, 15) is 9.90 Å². The Morgan fingerprint density at radius 2 is 1.93 bits per heavy atom. The third kappa shape index (κ3) is 2.85. The van der Waals surface area contributed by atoms with Crippen molar-refractivity contribution in [2.24, 2.45) is 0 Å². The van der Waals surface area contributed by atoms with Crippen molar-refractivity contribution in [3.8, 4) is 0 Å². The Balaban J connectivity index is 2.53. The highest BCUT2D eigenvalue weighted by Gasteiger charge is 2.28. The van der Waals surface area contributed by atoms with Gasteiger partial charge >= 0.3 is 5.97 Å². The van der Waals surface area contributed by atoms with Crippen LogP contribution in [0.5, 0.6) is 0 Å². The fourth-order valence-electron chi connectivity index (χ4n) is 1.14. The number of carboxylic acid groups (broad SMARTS) is 1. The lowest BCUT2D eigenvalue weighted by Crippen LogP contribution is -2.35. The number of hydrogen-bond acceptors (Lipinski definition) is 2. The van der Waals surface area contributed by atoms with Crippen molar-refractivity contribution in [2.45, 2.75) is 25.4 Å². The summed E-state index contributed by atoms with van der Waals surface area (Å²) in [6.45, 7) is 1.32. The molecule has 3 heteroatoms. The van der Waals surface area contributed by atoms with Crippen LogP contribution in [0.4, 0.5) is 0 Å². The zero-order chi connectivity index (χ0) is 10.6. The first-order valence-electron chi connectivity index (χ1n) is 4.52. The zero-order valence-corrected chi connectivity index (χ0v) is 8.10. The lowest BCUT2D eigenvalue weighted by Gasteiger charge is -2.17. The van der Waals surface area contributed by atoms with Gasteiger partial charge in [-0.1, -0.05) is 30.3 Å². The predicted molar refractivity (Wildman–Crippen MR) is 53.0 cm³/mol. The third-order valence-corrected chi connectivity index (χ3v) is 2.20. The molecular weight excluding hydrogens is 180 g/mol. The van der Waals surface area contributed by atoms with Gasteiger partial charge in [0.05, 0.1) is 0 Å². The van der Waals surface area contributed by atoms with Gasteiger partial charge in [0.2, 0.25) is 0 Å². The average molecular weight is 194 g/mol. The number of benzene rings is 1. The molecule has 76 valence electrons. The lowest BCUT2D eigenvalue weighted by molar-refractivity contribution is -0.157. The van der Waals surface area contributed by atoms with Gasteiger partial charge < -0.3 is 10.2 Å². The quantitative estimate of drug-likeness (QED) is 0.762. The molecule has 0 amide bonds. The van der Waals surface area contributed by atoms with Crippen LogP contribution in [0.25, 0.3) is 0 Å². The summed E-state index contributed by atoms with van der Waals surface area (Å²) in [5, 5.41) is 18.1. The molecule has 0 saturated carbocycles. The minimum absolute atomic E-state index is 0.229. The number of aliphatic hydroxyl groups is 1. The van der Waals surface area contributed by atoms with E-state index in [1.807, 2.05) is 30.3 Å². The molecule has 0 radical (unpaired) electrons. The van der Waals surface area contributed by atoms with Gasteiger partial charge in [-0.3, -0.25) is 0 Å². The summed E-state index contributed by atoms with van der Waals surface area (Å²) in [4.78, 5) is 10.6. The van der Waals surface area contributed by atoms with Crippen molar-refractivity contribution >= 4 is 5.97 Å². The van der Waals surface area contributed by atoms with Crippen molar-refractivity contribution in [2.75, 3.05) is 0 Å². The molecule has 2 N–H and O–H groups in total. The summed E-state index contributed by atoms with van der Waals surface area (Å²) in [6, 6.07) is 9.52. The van der Waals surface area contributed by atoms with Gasteiger partial charge in [-0.15, -0.1) is 0 Å². The van der Waals surface area contributed by atoms with Crippen LogP contribution in [-0.4, -0.2) is 21.8 Å². The van der Waals surface area contributed by atoms with Gasteiger partial charge in [0, 0.05) is 0 Å². The normalized spacial score (nSPS) is 14.7. The lowest BCUT2D eigenvalue weighted by atomic mass is 9.97. The molecule has 0 aliphatic carbocycles. The van der Waals surface area contributed by atoms with E-state index < -0.39 is 11.6 Å². The van der Waals surface area contributed by atoms with Crippen LogP contribution >= 0.6 is 0 Å². The maximum absolute atomic E-state index is 10.6. The smallest absolute Gasteiger partial charge is 0.335 e. The second kappa shape index (κ2) is 4.24. The SMILES string of the molecule is CC(O)(CCc1ccccc1)C(=O)O. The van der Waals surface area contributed by atoms with Crippen molar-refractivity contribution in [1.29, 1.82) is 0 Å². The summed E-state index contributed by atoms with van der Waals surface area (Å²) >= 11 is 0. The Morgan fingerprint density at radius 3 is 2.43 bits per heavy atom. The number of carboxylic acids is 1. The molecule has 0 fully saturated rings. The highest BCUT2D eigenvalue weighted by atomic mass is 16.4. The fourth-order valence-corrected chi connectivity index (χ4v) is 1.14. The first-order chi connectivity index (χ1) is 6.52. The fraction of sp³-hybridized carbons (Fsp3) is 0.364. The molecule has 0 aliphatic rings. The van der Waals surface area contributed by atoms with Crippen molar-refractivity contribution < 1.29 is 15.0 Å². The molecule has 0 heterocycles. The van der Waals surface area contributed by atoms with E-state index in [2.05, 4.69) is 0 Å². The summed E-state index contributed by atoms with van der Waals surface area (Å²) in [6.07, 6.45) is 0.798. The number of aryl methyl sites for hydroxylation is 1. The van der Waals surface area contributed by atoms with E-state index in [-0.39, 0.29) is 6.42 Å². The Kier molecular flexibility index (Phi) is 3.25. The summed E-state index contributed by atoms with van der Waals surface area (Å²) < 4.78 is 0. The van der Waals surface area contributed by atoms with Crippen LogP contribution in [0.3, 0.4) is 0 Å².